The Bertz CT molecular complexity index is 743. The van der Waals surface area contributed by atoms with Crippen LogP contribution in [-0.2, 0) is 4.79 Å². The van der Waals surface area contributed by atoms with Crippen LogP contribution in [0.3, 0.4) is 0 Å². The topological polar surface area (TPSA) is 63.8 Å². The molecule has 0 saturated heterocycles. The molecule has 1 aromatic heterocycles. The van der Waals surface area contributed by atoms with Crippen molar-refractivity contribution in [2.45, 2.75) is 33.1 Å². The summed E-state index contributed by atoms with van der Waals surface area (Å²) in [7, 11) is 0. The summed E-state index contributed by atoms with van der Waals surface area (Å²) in [5, 5.41) is 3.91. The average molecular weight is 326 g/mol. The predicted octanol–water partition coefficient (Wildman–Crippen LogP) is 3.55. The SMILES string of the molecule is Cc1cccc(C)c1OCC(=O)N/N=C\c1ccc([C@@H]2C[C@@H]2C)o1. The Hall–Kier alpha value is -2.56. The van der Waals surface area contributed by atoms with Gasteiger partial charge in [0.25, 0.3) is 5.91 Å². The van der Waals surface area contributed by atoms with Crippen molar-refractivity contribution >= 4 is 12.1 Å². The molecule has 1 heterocycles. The van der Waals surface area contributed by atoms with Crippen LogP contribution in [0.15, 0.2) is 39.9 Å². The van der Waals surface area contributed by atoms with Crippen LogP contribution in [-0.4, -0.2) is 18.7 Å². The van der Waals surface area contributed by atoms with Gasteiger partial charge in [-0.05, 0) is 49.4 Å². The van der Waals surface area contributed by atoms with Crippen LogP contribution in [0.25, 0.3) is 0 Å². The number of nitrogens with one attached hydrogen (secondary N) is 1. The first-order valence-electron chi connectivity index (χ1n) is 8.15. The maximum Gasteiger partial charge on any atom is 0.277 e. The second-order valence-corrected chi connectivity index (χ2v) is 6.36. The highest BCUT2D eigenvalue weighted by molar-refractivity contribution is 5.81. The first kappa shape index (κ1) is 16.3. The minimum atomic E-state index is -0.309. The van der Waals surface area contributed by atoms with Crippen LogP contribution in [0.2, 0.25) is 0 Å². The third-order valence-corrected chi connectivity index (χ3v) is 4.26. The van der Waals surface area contributed by atoms with Gasteiger partial charge in [-0.1, -0.05) is 25.1 Å². The summed E-state index contributed by atoms with van der Waals surface area (Å²) in [6.45, 7) is 6.03. The van der Waals surface area contributed by atoms with E-state index in [9.17, 15) is 4.79 Å². The van der Waals surface area contributed by atoms with Gasteiger partial charge in [-0.3, -0.25) is 4.79 Å². The van der Waals surface area contributed by atoms with E-state index in [0.717, 1.165) is 22.6 Å². The Morgan fingerprint density at radius 1 is 1.33 bits per heavy atom. The number of hydrogen-bond acceptors (Lipinski definition) is 4. The van der Waals surface area contributed by atoms with Crippen molar-refractivity contribution in [3.63, 3.8) is 0 Å². The number of ether oxygens (including phenoxy) is 1. The lowest BCUT2D eigenvalue weighted by molar-refractivity contribution is -0.123. The molecule has 1 aliphatic carbocycles. The number of benzene rings is 1. The largest absolute Gasteiger partial charge is 0.483 e. The fourth-order valence-corrected chi connectivity index (χ4v) is 2.72. The van der Waals surface area contributed by atoms with Crippen molar-refractivity contribution in [1.29, 1.82) is 0 Å². The summed E-state index contributed by atoms with van der Waals surface area (Å²) in [5.41, 5.74) is 4.46. The molecule has 0 aliphatic heterocycles. The molecule has 24 heavy (non-hydrogen) atoms. The van der Waals surface area contributed by atoms with E-state index < -0.39 is 0 Å². The fraction of sp³-hybridized carbons (Fsp3) is 0.368. The molecule has 1 aromatic carbocycles. The van der Waals surface area contributed by atoms with Gasteiger partial charge in [0.05, 0.1) is 6.21 Å². The highest BCUT2D eigenvalue weighted by Crippen LogP contribution is 2.47. The molecule has 0 radical (unpaired) electrons. The van der Waals surface area contributed by atoms with Crippen molar-refractivity contribution in [2.24, 2.45) is 11.0 Å². The smallest absolute Gasteiger partial charge is 0.277 e. The predicted molar refractivity (Wildman–Crippen MR) is 92.4 cm³/mol. The number of rotatable bonds is 6. The maximum absolute atomic E-state index is 11.8. The van der Waals surface area contributed by atoms with Crippen molar-refractivity contribution in [1.82, 2.24) is 5.43 Å². The molecule has 0 bridgehead atoms. The van der Waals surface area contributed by atoms with Gasteiger partial charge in [0.2, 0.25) is 0 Å². The highest BCUT2D eigenvalue weighted by atomic mass is 16.5. The lowest BCUT2D eigenvalue weighted by atomic mass is 10.1. The van der Waals surface area contributed by atoms with Crippen LogP contribution in [0.1, 0.15) is 41.9 Å². The first-order valence-corrected chi connectivity index (χ1v) is 8.15. The van der Waals surface area contributed by atoms with Gasteiger partial charge in [-0.25, -0.2) is 5.43 Å². The number of hydrogen-bond donors (Lipinski definition) is 1. The highest BCUT2D eigenvalue weighted by Gasteiger charge is 2.36. The van der Waals surface area contributed by atoms with E-state index in [4.69, 9.17) is 9.15 Å². The van der Waals surface area contributed by atoms with Crippen LogP contribution in [0, 0.1) is 19.8 Å². The molecule has 2 atom stereocenters. The minimum absolute atomic E-state index is 0.0774. The molecule has 1 saturated carbocycles. The molecular weight excluding hydrogens is 304 g/mol. The average Bonchev–Trinajstić information content (AvgIpc) is 3.08. The number of nitrogens with zero attached hydrogens (tertiary/aromatic N) is 1. The lowest BCUT2D eigenvalue weighted by Gasteiger charge is -2.10. The molecule has 0 unspecified atom stereocenters. The van der Waals surface area contributed by atoms with Gasteiger partial charge in [0.1, 0.15) is 17.3 Å². The Kier molecular flexibility index (Phi) is 4.69. The van der Waals surface area contributed by atoms with Crippen molar-refractivity contribution < 1.29 is 13.9 Å². The number of hydrazone groups is 1. The standard InChI is InChI=1S/C19H22N2O3/c1-12-5-4-6-13(2)19(12)23-11-18(22)21-20-10-15-7-8-17(24-15)16-9-14(16)3/h4-8,10,14,16H,9,11H2,1-3H3,(H,21,22)/b20-10-/t14-,16+/m0/s1. The van der Waals surface area contributed by atoms with Gasteiger partial charge in [-0.15, -0.1) is 0 Å². The zero-order valence-electron chi connectivity index (χ0n) is 14.2. The molecular formula is C19H22N2O3. The molecule has 0 spiro atoms. The van der Waals surface area contributed by atoms with Crippen LogP contribution in [0.4, 0.5) is 0 Å². The monoisotopic (exact) mass is 326 g/mol. The molecule has 1 N–H and O–H groups in total. The zero-order valence-corrected chi connectivity index (χ0v) is 14.2. The van der Waals surface area contributed by atoms with Crippen molar-refractivity contribution in [3.8, 4) is 5.75 Å². The van der Waals surface area contributed by atoms with Gasteiger partial charge in [0, 0.05) is 5.92 Å². The van der Waals surface area contributed by atoms with Crippen LogP contribution < -0.4 is 10.2 Å². The van der Waals surface area contributed by atoms with E-state index >= 15 is 0 Å². The Balaban J connectivity index is 1.48. The summed E-state index contributed by atoms with van der Waals surface area (Å²) < 4.78 is 11.3. The third-order valence-electron chi connectivity index (χ3n) is 4.26. The number of furan rings is 1. The number of carbonyl (C=O) groups excluding carboxylic acids is 1. The lowest BCUT2D eigenvalue weighted by Crippen LogP contribution is -2.24. The Morgan fingerprint density at radius 3 is 2.71 bits per heavy atom. The van der Waals surface area contributed by atoms with Gasteiger partial charge in [0.15, 0.2) is 6.61 Å². The number of carbonyl (C=O) groups is 1. The quantitative estimate of drug-likeness (QED) is 0.652. The molecule has 1 aliphatic rings. The molecule has 1 amide bonds. The summed E-state index contributed by atoms with van der Waals surface area (Å²) in [6, 6.07) is 9.70. The minimum Gasteiger partial charge on any atom is -0.483 e. The summed E-state index contributed by atoms with van der Waals surface area (Å²) in [4.78, 5) is 11.8. The second-order valence-electron chi connectivity index (χ2n) is 6.36. The third kappa shape index (κ3) is 3.85. The molecule has 5 nitrogen and oxygen atoms in total. The maximum atomic E-state index is 11.8. The van der Waals surface area contributed by atoms with Gasteiger partial charge < -0.3 is 9.15 Å². The number of para-hydroxylation sites is 1. The van der Waals surface area contributed by atoms with Crippen LogP contribution >= 0.6 is 0 Å². The van der Waals surface area contributed by atoms with E-state index in [1.807, 2.05) is 44.2 Å². The van der Waals surface area contributed by atoms with Crippen molar-refractivity contribution in [2.75, 3.05) is 6.61 Å². The normalized spacial score (nSPS) is 19.5. The molecule has 126 valence electrons. The van der Waals surface area contributed by atoms with E-state index in [1.165, 1.54) is 12.6 Å². The van der Waals surface area contributed by atoms with Gasteiger partial charge in [-0.2, -0.15) is 5.10 Å². The second kappa shape index (κ2) is 6.91. The van der Waals surface area contributed by atoms with E-state index in [1.54, 1.807) is 0 Å². The van der Waals surface area contributed by atoms with E-state index in [0.29, 0.717) is 17.6 Å². The Labute approximate surface area is 141 Å². The van der Waals surface area contributed by atoms with Crippen molar-refractivity contribution in [3.05, 3.63) is 53.0 Å². The Morgan fingerprint density at radius 2 is 2.04 bits per heavy atom. The number of amides is 1. The van der Waals surface area contributed by atoms with E-state index in [-0.39, 0.29) is 12.5 Å². The first-order chi connectivity index (χ1) is 11.5. The molecule has 3 rings (SSSR count). The molecule has 5 heteroatoms. The summed E-state index contributed by atoms with van der Waals surface area (Å²) in [6.07, 6.45) is 2.68. The summed E-state index contributed by atoms with van der Waals surface area (Å²) >= 11 is 0. The van der Waals surface area contributed by atoms with Crippen LogP contribution in [0.5, 0.6) is 5.75 Å². The van der Waals surface area contributed by atoms with Gasteiger partial charge >= 0.3 is 0 Å². The number of aryl methyl sites for hydroxylation is 2. The summed E-state index contributed by atoms with van der Waals surface area (Å²) in [5.74, 6) is 3.30. The van der Waals surface area contributed by atoms with E-state index in [2.05, 4.69) is 17.5 Å². The zero-order chi connectivity index (χ0) is 17.1. The molecule has 1 fully saturated rings. The molecule has 2 aromatic rings. The fourth-order valence-electron chi connectivity index (χ4n) is 2.72.